The van der Waals surface area contributed by atoms with E-state index in [1.165, 1.54) is 6.08 Å². The third-order valence-corrected chi connectivity index (χ3v) is 7.38. The second-order valence-electron chi connectivity index (χ2n) is 11.2. The Morgan fingerprint density at radius 3 is 2.52 bits per heavy atom. The second-order valence-corrected chi connectivity index (χ2v) is 11.2. The Kier molecular flexibility index (Phi) is 12.8. The molecule has 0 radical (unpaired) electrons. The van der Waals surface area contributed by atoms with Gasteiger partial charge in [0.15, 0.2) is 0 Å². The normalized spacial score (nSPS) is 20.5. The molecule has 4 atom stereocenters. The van der Waals surface area contributed by atoms with E-state index in [1.807, 2.05) is 44.2 Å². The van der Waals surface area contributed by atoms with Gasteiger partial charge in [0.25, 0.3) is 0 Å². The van der Waals surface area contributed by atoms with Crippen molar-refractivity contribution in [3.63, 3.8) is 0 Å². The van der Waals surface area contributed by atoms with Gasteiger partial charge in [-0.15, -0.1) is 0 Å². The number of ether oxygens (including phenoxy) is 2. The second kappa shape index (κ2) is 16.5. The number of esters is 1. The van der Waals surface area contributed by atoms with Crippen LogP contribution in [0, 0.1) is 11.8 Å². The summed E-state index contributed by atoms with van der Waals surface area (Å²) in [5.74, 6) is -1.55. The largest absolute Gasteiger partial charge is 0.463 e. The quantitative estimate of drug-likeness (QED) is 0.239. The van der Waals surface area contributed by atoms with Gasteiger partial charge >= 0.3 is 12.1 Å². The summed E-state index contributed by atoms with van der Waals surface area (Å²) in [4.78, 5) is 65.9. The van der Waals surface area contributed by atoms with Crippen LogP contribution in [0.3, 0.4) is 0 Å². The number of amides is 4. The zero-order valence-corrected chi connectivity index (χ0v) is 24.8. The first-order chi connectivity index (χ1) is 20.2. The van der Waals surface area contributed by atoms with Gasteiger partial charge in [-0.05, 0) is 56.9 Å². The van der Waals surface area contributed by atoms with E-state index in [9.17, 15) is 24.0 Å². The van der Waals surface area contributed by atoms with Crippen molar-refractivity contribution in [2.45, 2.75) is 84.0 Å². The zero-order valence-electron chi connectivity index (χ0n) is 24.8. The smallest absolute Gasteiger partial charge is 0.408 e. The van der Waals surface area contributed by atoms with Gasteiger partial charge in [-0.1, -0.05) is 50.3 Å². The number of nitrogens with zero attached hydrogens (tertiary/aromatic N) is 1. The van der Waals surface area contributed by atoms with Crippen LogP contribution < -0.4 is 16.0 Å². The fraction of sp³-hybridized carbons (Fsp3) is 0.581. The number of hydrogen-bond acceptors (Lipinski definition) is 7. The minimum absolute atomic E-state index is 0.0788. The average Bonchev–Trinajstić information content (AvgIpc) is 3.28. The molecule has 0 saturated carbocycles. The fourth-order valence-electron chi connectivity index (χ4n) is 5.26. The molecule has 0 spiro atoms. The third-order valence-electron chi connectivity index (χ3n) is 7.38. The Bertz CT molecular complexity index is 1110. The highest BCUT2D eigenvalue weighted by atomic mass is 16.5. The highest BCUT2D eigenvalue weighted by molar-refractivity contribution is 5.92. The van der Waals surface area contributed by atoms with Crippen molar-refractivity contribution in [3.05, 3.63) is 48.0 Å². The van der Waals surface area contributed by atoms with Crippen molar-refractivity contribution in [2.24, 2.45) is 11.8 Å². The van der Waals surface area contributed by atoms with Gasteiger partial charge in [0.05, 0.1) is 6.61 Å². The van der Waals surface area contributed by atoms with Crippen molar-refractivity contribution in [1.82, 2.24) is 20.9 Å². The van der Waals surface area contributed by atoms with E-state index in [0.717, 1.165) is 5.56 Å². The van der Waals surface area contributed by atoms with Crippen LogP contribution in [0.5, 0.6) is 0 Å². The Morgan fingerprint density at radius 2 is 1.86 bits per heavy atom. The van der Waals surface area contributed by atoms with Crippen molar-refractivity contribution in [1.29, 1.82) is 0 Å². The van der Waals surface area contributed by atoms with Crippen molar-refractivity contribution >= 4 is 29.8 Å². The lowest BCUT2D eigenvalue weighted by Crippen LogP contribution is -2.56. The maximum atomic E-state index is 13.8. The van der Waals surface area contributed by atoms with Gasteiger partial charge in [-0.2, -0.15) is 0 Å². The van der Waals surface area contributed by atoms with Crippen LogP contribution >= 0.6 is 0 Å². The standard InChI is InChI=1S/C31H44N4O7/c1-4-41-27(36)14-13-24(19-23-15-16-32-28(23)37)33-29(38)26(18-21(2)3)35-17-9-8-12-25(30(35)39)34-31(40)42-20-22-10-6-5-7-11-22/h5-7,10-11,13-14,21,23-26H,4,8-9,12,15-20H2,1-3H3,(H,32,37)(H,33,38)(H,34,40)/t23?,24-,25?,26+/m1/s1. The van der Waals surface area contributed by atoms with E-state index in [4.69, 9.17) is 9.47 Å². The summed E-state index contributed by atoms with van der Waals surface area (Å²) in [7, 11) is 0. The zero-order chi connectivity index (χ0) is 30.5. The highest BCUT2D eigenvalue weighted by Crippen LogP contribution is 2.22. The Hall–Kier alpha value is -3.89. The molecule has 2 aliphatic heterocycles. The third kappa shape index (κ3) is 10.2. The lowest BCUT2D eigenvalue weighted by Gasteiger charge is -2.34. The van der Waals surface area contributed by atoms with E-state index < -0.39 is 30.2 Å². The van der Waals surface area contributed by atoms with Crippen molar-refractivity contribution in [2.75, 3.05) is 19.7 Å². The number of carbonyl (C=O) groups is 5. The SMILES string of the molecule is CCOC(=O)C=C[C@H](CC1CCNC1=O)NC(=O)[C@H](CC(C)C)N1CCCCC(NC(=O)OCc2ccccc2)C1=O. The van der Waals surface area contributed by atoms with Crippen molar-refractivity contribution < 1.29 is 33.4 Å². The van der Waals surface area contributed by atoms with E-state index in [0.29, 0.717) is 51.6 Å². The van der Waals surface area contributed by atoms with Crippen LogP contribution in [0.4, 0.5) is 4.79 Å². The first-order valence-electron chi connectivity index (χ1n) is 14.9. The van der Waals surface area contributed by atoms with Crippen LogP contribution in [0.25, 0.3) is 0 Å². The summed E-state index contributed by atoms with van der Waals surface area (Å²) in [6.45, 7) is 6.87. The fourth-order valence-corrected chi connectivity index (χ4v) is 5.26. The molecule has 2 saturated heterocycles. The summed E-state index contributed by atoms with van der Waals surface area (Å²) >= 11 is 0. The number of carbonyl (C=O) groups excluding carboxylic acids is 5. The van der Waals surface area contributed by atoms with Crippen LogP contribution in [0.2, 0.25) is 0 Å². The summed E-state index contributed by atoms with van der Waals surface area (Å²) in [5.41, 5.74) is 0.830. The number of rotatable bonds is 13. The minimum atomic E-state index is -0.820. The number of benzene rings is 1. The molecule has 0 bridgehead atoms. The van der Waals surface area contributed by atoms with Crippen molar-refractivity contribution in [3.8, 4) is 0 Å². The molecule has 0 aromatic heterocycles. The predicted molar refractivity (Wildman–Crippen MR) is 156 cm³/mol. The van der Waals surface area contributed by atoms with Gasteiger partial charge in [-0.25, -0.2) is 9.59 Å². The topological polar surface area (TPSA) is 143 Å². The van der Waals surface area contributed by atoms with Gasteiger partial charge < -0.3 is 30.3 Å². The van der Waals surface area contributed by atoms with Crippen LogP contribution in [-0.2, 0) is 35.3 Å². The number of likely N-dealkylation sites (tertiary alicyclic amines) is 1. The molecular formula is C31H44N4O7. The van der Waals surface area contributed by atoms with E-state index in [-0.39, 0.29) is 42.8 Å². The Labute approximate surface area is 247 Å². The predicted octanol–water partition coefficient (Wildman–Crippen LogP) is 2.84. The van der Waals surface area contributed by atoms with Crippen LogP contribution in [0.1, 0.15) is 64.9 Å². The molecule has 3 rings (SSSR count). The molecule has 42 heavy (non-hydrogen) atoms. The minimum Gasteiger partial charge on any atom is -0.463 e. The molecule has 2 heterocycles. The Morgan fingerprint density at radius 1 is 1.10 bits per heavy atom. The average molecular weight is 585 g/mol. The van der Waals surface area contributed by atoms with Gasteiger partial charge in [0.1, 0.15) is 18.7 Å². The Balaban J connectivity index is 1.73. The molecule has 11 nitrogen and oxygen atoms in total. The van der Waals surface area contributed by atoms with E-state index in [2.05, 4.69) is 16.0 Å². The van der Waals surface area contributed by atoms with Crippen LogP contribution in [0.15, 0.2) is 42.5 Å². The lowest BCUT2D eigenvalue weighted by atomic mass is 9.96. The molecule has 0 aliphatic carbocycles. The number of nitrogens with one attached hydrogen (secondary N) is 3. The lowest BCUT2D eigenvalue weighted by molar-refractivity contribution is -0.142. The first-order valence-corrected chi connectivity index (χ1v) is 14.9. The summed E-state index contributed by atoms with van der Waals surface area (Å²) in [6.07, 6.45) is 5.28. The molecule has 1 aromatic rings. The maximum absolute atomic E-state index is 13.8. The molecule has 3 N–H and O–H groups in total. The monoisotopic (exact) mass is 584 g/mol. The molecular weight excluding hydrogens is 540 g/mol. The molecule has 4 amide bonds. The summed E-state index contributed by atoms with van der Waals surface area (Å²) in [6, 6.07) is 7.03. The molecule has 230 valence electrons. The molecule has 11 heteroatoms. The van der Waals surface area contributed by atoms with Gasteiger partial charge in [-0.3, -0.25) is 14.4 Å². The van der Waals surface area contributed by atoms with Crippen LogP contribution in [-0.4, -0.2) is 72.5 Å². The molecule has 2 aliphatic rings. The van der Waals surface area contributed by atoms with Gasteiger partial charge in [0, 0.05) is 31.1 Å². The maximum Gasteiger partial charge on any atom is 0.408 e. The van der Waals surface area contributed by atoms with E-state index >= 15 is 0 Å². The molecule has 2 fully saturated rings. The summed E-state index contributed by atoms with van der Waals surface area (Å²) in [5, 5.41) is 8.48. The number of alkyl carbamates (subject to hydrolysis) is 1. The summed E-state index contributed by atoms with van der Waals surface area (Å²) < 4.78 is 10.3. The van der Waals surface area contributed by atoms with Gasteiger partial charge in [0.2, 0.25) is 17.7 Å². The molecule has 2 unspecified atom stereocenters. The van der Waals surface area contributed by atoms with E-state index in [1.54, 1.807) is 17.9 Å². The first kappa shape index (κ1) is 32.6. The molecule has 1 aromatic carbocycles. The number of hydrogen-bond donors (Lipinski definition) is 3. The highest BCUT2D eigenvalue weighted by Gasteiger charge is 2.37.